The van der Waals surface area contributed by atoms with E-state index >= 15 is 0 Å². The van der Waals surface area contributed by atoms with Crippen LogP contribution in [0.1, 0.15) is 44.6 Å². The molecule has 0 spiro atoms. The Labute approximate surface area is 132 Å². The van der Waals surface area contributed by atoms with Gasteiger partial charge in [0, 0.05) is 19.6 Å². The summed E-state index contributed by atoms with van der Waals surface area (Å²) in [5.41, 5.74) is 0.868. The van der Waals surface area contributed by atoms with Gasteiger partial charge in [-0.2, -0.15) is 0 Å². The first-order valence-corrected chi connectivity index (χ1v) is 8.11. The number of halogens is 1. The van der Waals surface area contributed by atoms with Crippen molar-refractivity contribution in [3.8, 4) is 5.75 Å². The van der Waals surface area contributed by atoms with Gasteiger partial charge in [0.25, 0.3) is 0 Å². The zero-order chi connectivity index (χ0) is 15.8. The molecule has 0 aromatic heterocycles. The monoisotopic (exact) mass is 307 g/mol. The van der Waals surface area contributed by atoms with Crippen molar-refractivity contribution in [1.82, 2.24) is 10.6 Å². The zero-order valence-corrected chi connectivity index (χ0v) is 13.5. The van der Waals surface area contributed by atoms with E-state index in [4.69, 9.17) is 4.74 Å². The standard InChI is InChI=1S/C17H26FN3O/c1-3-22-16-10-9-13(11-15(16)18)12-20-17(19-2)21-14-7-5-4-6-8-14/h9-11,14H,3-8,12H2,1-2H3,(H2,19,20,21). The van der Waals surface area contributed by atoms with Crippen LogP contribution in [0.5, 0.6) is 5.75 Å². The van der Waals surface area contributed by atoms with E-state index in [1.165, 1.54) is 38.2 Å². The zero-order valence-electron chi connectivity index (χ0n) is 13.5. The summed E-state index contributed by atoms with van der Waals surface area (Å²) >= 11 is 0. The molecule has 1 aliphatic carbocycles. The summed E-state index contributed by atoms with van der Waals surface area (Å²) in [6.45, 7) is 2.85. The van der Waals surface area contributed by atoms with E-state index in [9.17, 15) is 4.39 Å². The van der Waals surface area contributed by atoms with Gasteiger partial charge in [0.1, 0.15) is 0 Å². The largest absolute Gasteiger partial charge is 0.491 e. The molecule has 2 N–H and O–H groups in total. The summed E-state index contributed by atoms with van der Waals surface area (Å²) in [6.07, 6.45) is 6.27. The van der Waals surface area contributed by atoms with Crippen LogP contribution < -0.4 is 15.4 Å². The molecule has 5 heteroatoms. The van der Waals surface area contributed by atoms with E-state index in [2.05, 4.69) is 15.6 Å². The predicted molar refractivity (Wildman–Crippen MR) is 87.8 cm³/mol. The molecule has 0 heterocycles. The molecule has 0 aliphatic heterocycles. The second-order valence-corrected chi connectivity index (χ2v) is 5.60. The third kappa shape index (κ3) is 4.90. The van der Waals surface area contributed by atoms with Gasteiger partial charge in [-0.25, -0.2) is 4.39 Å². The van der Waals surface area contributed by atoms with E-state index in [-0.39, 0.29) is 5.82 Å². The number of ether oxygens (including phenoxy) is 1. The number of nitrogens with zero attached hydrogens (tertiary/aromatic N) is 1. The fourth-order valence-corrected chi connectivity index (χ4v) is 2.75. The molecule has 1 aromatic rings. The Morgan fingerprint density at radius 1 is 1.32 bits per heavy atom. The number of nitrogens with one attached hydrogen (secondary N) is 2. The third-order valence-corrected chi connectivity index (χ3v) is 3.93. The molecule has 1 saturated carbocycles. The molecule has 1 aliphatic rings. The highest BCUT2D eigenvalue weighted by Gasteiger charge is 2.14. The summed E-state index contributed by atoms with van der Waals surface area (Å²) in [4.78, 5) is 4.24. The van der Waals surface area contributed by atoms with Crippen LogP contribution >= 0.6 is 0 Å². The van der Waals surface area contributed by atoms with Crippen molar-refractivity contribution >= 4 is 5.96 Å². The second-order valence-electron chi connectivity index (χ2n) is 5.60. The minimum Gasteiger partial charge on any atom is -0.491 e. The third-order valence-electron chi connectivity index (χ3n) is 3.93. The molecule has 0 bridgehead atoms. The molecule has 2 rings (SSSR count). The average molecular weight is 307 g/mol. The molecule has 0 saturated heterocycles. The number of aliphatic imine (C=N–C) groups is 1. The van der Waals surface area contributed by atoms with Gasteiger partial charge >= 0.3 is 0 Å². The molecular weight excluding hydrogens is 281 g/mol. The van der Waals surface area contributed by atoms with Crippen molar-refractivity contribution in [3.63, 3.8) is 0 Å². The lowest BCUT2D eigenvalue weighted by Gasteiger charge is -2.24. The quantitative estimate of drug-likeness (QED) is 0.648. The Morgan fingerprint density at radius 3 is 2.73 bits per heavy atom. The average Bonchev–Trinajstić information content (AvgIpc) is 2.55. The van der Waals surface area contributed by atoms with Crippen molar-refractivity contribution in [3.05, 3.63) is 29.6 Å². The summed E-state index contributed by atoms with van der Waals surface area (Å²) in [5.74, 6) is 0.758. The molecule has 0 radical (unpaired) electrons. The van der Waals surface area contributed by atoms with Gasteiger partial charge < -0.3 is 15.4 Å². The maximum atomic E-state index is 13.8. The molecule has 0 atom stereocenters. The maximum Gasteiger partial charge on any atom is 0.191 e. The van der Waals surface area contributed by atoms with E-state index in [0.717, 1.165) is 11.5 Å². The molecule has 22 heavy (non-hydrogen) atoms. The molecule has 1 fully saturated rings. The number of benzene rings is 1. The van der Waals surface area contributed by atoms with E-state index < -0.39 is 0 Å². The van der Waals surface area contributed by atoms with Crippen LogP contribution in [0.4, 0.5) is 4.39 Å². The summed E-state index contributed by atoms with van der Waals surface area (Å²) in [7, 11) is 1.76. The van der Waals surface area contributed by atoms with Crippen molar-refractivity contribution < 1.29 is 9.13 Å². The van der Waals surface area contributed by atoms with Crippen molar-refractivity contribution in [2.75, 3.05) is 13.7 Å². The molecule has 122 valence electrons. The smallest absolute Gasteiger partial charge is 0.191 e. The fraction of sp³-hybridized carbons (Fsp3) is 0.588. The Balaban J connectivity index is 1.86. The van der Waals surface area contributed by atoms with E-state index in [1.807, 2.05) is 13.0 Å². The number of rotatable bonds is 5. The number of hydrogen-bond donors (Lipinski definition) is 2. The van der Waals surface area contributed by atoms with Crippen LogP contribution in [-0.2, 0) is 6.54 Å². The lowest BCUT2D eigenvalue weighted by molar-refractivity contribution is 0.321. The van der Waals surface area contributed by atoms with Crippen molar-refractivity contribution in [2.24, 2.45) is 4.99 Å². The van der Waals surface area contributed by atoms with Crippen LogP contribution in [0.2, 0.25) is 0 Å². The van der Waals surface area contributed by atoms with Gasteiger partial charge in [0.05, 0.1) is 6.61 Å². The first kappa shape index (κ1) is 16.6. The van der Waals surface area contributed by atoms with Gasteiger partial charge in [-0.1, -0.05) is 25.3 Å². The van der Waals surface area contributed by atoms with E-state index in [1.54, 1.807) is 13.1 Å². The van der Waals surface area contributed by atoms with Gasteiger partial charge in [-0.15, -0.1) is 0 Å². The highest BCUT2D eigenvalue weighted by atomic mass is 19.1. The SMILES string of the molecule is CCOc1ccc(CNC(=NC)NC2CCCCC2)cc1F. The molecule has 1 aromatic carbocycles. The highest BCUT2D eigenvalue weighted by molar-refractivity contribution is 5.79. The van der Waals surface area contributed by atoms with Gasteiger partial charge in [-0.3, -0.25) is 4.99 Å². The Morgan fingerprint density at radius 2 is 2.09 bits per heavy atom. The van der Waals surface area contributed by atoms with Gasteiger partial charge in [0.2, 0.25) is 0 Å². The number of guanidine groups is 1. The molecule has 0 unspecified atom stereocenters. The van der Waals surface area contributed by atoms with Crippen LogP contribution in [-0.4, -0.2) is 25.7 Å². The van der Waals surface area contributed by atoms with Crippen LogP contribution in [0.25, 0.3) is 0 Å². The lowest BCUT2D eigenvalue weighted by Crippen LogP contribution is -2.43. The summed E-state index contributed by atoms with van der Waals surface area (Å²) in [6, 6.07) is 5.55. The second kappa shape index (κ2) is 8.61. The molecular formula is C17H26FN3O. The van der Waals surface area contributed by atoms with Crippen LogP contribution in [0, 0.1) is 5.82 Å². The first-order chi connectivity index (χ1) is 10.7. The summed E-state index contributed by atoms with van der Waals surface area (Å²) < 4.78 is 19.0. The molecule has 4 nitrogen and oxygen atoms in total. The van der Waals surface area contributed by atoms with Crippen LogP contribution in [0.15, 0.2) is 23.2 Å². The minimum atomic E-state index is -0.323. The Hall–Kier alpha value is -1.78. The predicted octanol–water partition coefficient (Wildman–Crippen LogP) is 3.22. The Bertz CT molecular complexity index is 499. The first-order valence-electron chi connectivity index (χ1n) is 8.11. The summed E-state index contributed by atoms with van der Waals surface area (Å²) in [5, 5.41) is 6.69. The van der Waals surface area contributed by atoms with Crippen molar-refractivity contribution in [2.45, 2.75) is 51.6 Å². The van der Waals surface area contributed by atoms with Crippen molar-refractivity contribution in [1.29, 1.82) is 0 Å². The normalized spacial score (nSPS) is 16.4. The topological polar surface area (TPSA) is 45.6 Å². The lowest BCUT2D eigenvalue weighted by atomic mass is 9.96. The number of hydrogen-bond acceptors (Lipinski definition) is 2. The maximum absolute atomic E-state index is 13.8. The van der Waals surface area contributed by atoms with Crippen LogP contribution in [0.3, 0.4) is 0 Å². The highest BCUT2D eigenvalue weighted by Crippen LogP contribution is 2.19. The fourth-order valence-electron chi connectivity index (χ4n) is 2.75. The van der Waals surface area contributed by atoms with Gasteiger partial charge in [-0.05, 0) is 37.5 Å². The minimum absolute atomic E-state index is 0.302. The van der Waals surface area contributed by atoms with E-state index in [0.29, 0.717) is 24.9 Å². The molecule has 0 amide bonds. The Kier molecular flexibility index (Phi) is 6.49. The van der Waals surface area contributed by atoms with Gasteiger partial charge in [0.15, 0.2) is 17.5 Å².